The second-order valence-electron chi connectivity index (χ2n) is 11.5. The van der Waals surface area contributed by atoms with E-state index >= 15 is 0 Å². The topological polar surface area (TPSA) is 147 Å². The Balaban J connectivity index is 1.42. The van der Waals surface area contributed by atoms with Gasteiger partial charge in [-0.3, -0.25) is 14.4 Å². The molecule has 42 heavy (non-hydrogen) atoms. The summed E-state index contributed by atoms with van der Waals surface area (Å²) in [6, 6.07) is 15.5. The lowest BCUT2D eigenvalue weighted by Crippen LogP contribution is -2.66. The molecule has 1 fully saturated rings. The van der Waals surface area contributed by atoms with E-state index in [9.17, 15) is 19.2 Å². The average molecular weight is 574 g/mol. The van der Waals surface area contributed by atoms with Crippen LogP contribution in [0.4, 0.5) is 4.79 Å². The number of amides is 4. The number of likely N-dealkylation sites (tertiary alicyclic amines) is 1. The molecule has 1 aliphatic heterocycles. The summed E-state index contributed by atoms with van der Waals surface area (Å²) in [4.78, 5) is 58.5. The van der Waals surface area contributed by atoms with Crippen LogP contribution in [0.3, 0.4) is 0 Å². The van der Waals surface area contributed by atoms with Crippen LogP contribution in [0, 0.1) is 5.92 Å². The van der Waals surface area contributed by atoms with Crippen molar-refractivity contribution in [2.24, 2.45) is 11.7 Å². The number of para-hydroxylation sites is 1. The number of H-pyrrole nitrogens is 1. The summed E-state index contributed by atoms with van der Waals surface area (Å²) in [7, 11) is 0. The maximum atomic E-state index is 14.4. The summed E-state index contributed by atoms with van der Waals surface area (Å²) in [5.74, 6) is -1.57. The van der Waals surface area contributed by atoms with Crippen molar-refractivity contribution in [2.45, 2.75) is 76.6 Å². The van der Waals surface area contributed by atoms with Gasteiger partial charge < -0.3 is 31.0 Å². The van der Waals surface area contributed by atoms with E-state index in [0.29, 0.717) is 38.6 Å². The van der Waals surface area contributed by atoms with Gasteiger partial charge in [-0.15, -0.1) is 0 Å². The second-order valence-corrected chi connectivity index (χ2v) is 11.5. The monoisotopic (exact) mass is 573 g/mol. The lowest BCUT2D eigenvalue weighted by molar-refractivity contribution is -0.146. The van der Waals surface area contributed by atoms with Gasteiger partial charge in [0.05, 0.1) is 0 Å². The fourth-order valence-electron chi connectivity index (χ4n) is 6.23. The molecule has 10 nitrogen and oxygen atoms in total. The summed E-state index contributed by atoms with van der Waals surface area (Å²) >= 11 is 0. The predicted molar refractivity (Wildman–Crippen MR) is 158 cm³/mol. The lowest BCUT2D eigenvalue weighted by Gasteiger charge is -2.41. The van der Waals surface area contributed by atoms with Gasteiger partial charge in [0.2, 0.25) is 17.7 Å². The van der Waals surface area contributed by atoms with Crippen molar-refractivity contribution in [3.05, 3.63) is 71.4 Å². The molecule has 1 saturated heterocycles. The summed E-state index contributed by atoms with van der Waals surface area (Å²) < 4.78 is 5.41. The zero-order valence-corrected chi connectivity index (χ0v) is 24.2. The number of carbonyl (C=O) groups is 4. The van der Waals surface area contributed by atoms with Gasteiger partial charge in [0.1, 0.15) is 24.2 Å². The first-order valence-electron chi connectivity index (χ1n) is 14.7. The molecule has 0 radical (unpaired) electrons. The van der Waals surface area contributed by atoms with Gasteiger partial charge in [0.15, 0.2) is 0 Å². The molecule has 222 valence electrons. The normalized spacial score (nSPS) is 21.3. The molecule has 2 heterocycles. The number of aryl methyl sites for hydroxylation is 1. The maximum Gasteiger partial charge on any atom is 0.408 e. The van der Waals surface area contributed by atoms with Crippen molar-refractivity contribution in [1.29, 1.82) is 0 Å². The van der Waals surface area contributed by atoms with Crippen molar-refractivity contribution in [3.8, 4) is 0 Å². The Hall–Kier alpha value is -4.34. The Bertz CT molecular complexity index is 1470. The van der Waals surface area contributed by atoms with Gasteiger partial charge in [0.25, 0.3) is 0 Å². The highest BCUT2D eigenvalue weighted by Gasteiger charge is 2.49. The Kier molecular flexibility index (Phi) is 8.51. The molecule has 0 bridgehead atoms. The number of hydrogen-bond acceptors (Lipinski definition) is 5. The smallest absolute Gasteiger partial charge is 0.408 e. The minimum Gasteiger partial charge on any atom is -0.445 e. The second kappa shape index (κ2) is 12.3. The number of ether oxygens (including phenoxy) is 1. The fraction of sp³-hybridized carbons (Fsp3) is 0.438. The summed E-state index contributed by atoms with van der Waals surface area (Å²) in [5.41, 5.74) is 8.16. The van der Waals surface area contributed by atoms with E-state index in [1.165, 1.54) is 4.90 Å². The molecule has 4 atom stereocenters. The third-order valence-electron chi connectivity index (χ3n) is 8.78. The molecule has 2 aromatic carbocycles. The summed E-state index contributed by atoms with van der Waals surface area (Å²) in [5, 5.41) is 6.83. The standard InChI is InChI=1S/C32H39N5O5/c1-3-20(2)27(35-31(41)42-19-21-10-5-4-6-11-21)29(39)36-32(30(40)37-17-9-14-26(37)28(33)38)16-15-25-23(18-32)22-12-7-8-13-24(22)34-25/h4-8,10-13,20,26-27,34H,3,9,14-19H2,1-2H3,(H2,33,38)(H,35,41)(H,36,39)/t20-,26-,27-,32+/m0/s1. The highest BCUT2D eigenvalue weighted by Crippen LogP contribution is 2.36. The molecular formula is C32H39N5O5. The van der Waals surface area contributed by atoms with Crippen molar-refractivity contribution in [1.82, 2.24) is 20.5 Å². The van der Waals surface area contributed by atoms with Crippen LogP contribution in [0.25, 0.3) is 10.9 Å². The number of carbonyl (C=O) groups excluding carboxylic acids is 4. The number of primary amides is 1. The van der Waals surface area contributed by atoms with Crippen LogP contribution in [-0.2, 0) is 38.6 Å². The van der Waals surface area contributed by atoms with E-state index in [-0.39, 0.29) is 24.9 Å². The lowest BCUT2D eigenvalue weighted by atomic mass is 9.78. The van der Waals surface area contributed by atoms with E-state index in [1.807, 2.05) is 68.4 Å². The molecule has 2 aliphatic rings. The predicted octanol–water partition coefficient (Wildman–Crippen LogP) is 3.33. The summed E-state index contributed by atoms with van der Waals surface area (Å²) in [6.07, 6.45) is 2.18. The first-order valence-corrected chi connectivity index (χ1v) is 14.7. The van der Waals surface area contributed by atoms with Gasteiger partial charge in [-0.25, -0.2) is 4.79 Å². The molecule has 3 aromatic rings. The molecule has 10 heteroatoms. The number of aromatic amines is 1. The average Bonchev–Trinajstić information content (AvgIpc) is 3.64. The van der Waals surface area contributed by atoms with Gasteiger partial charge in [0, 0.05) is 29.6 Å². The minimum absolute atomic E-state index is 0.0662. The van der Waals surface area contributed by atoms with E-state index in [2.05, 4.69) is 15.6 Å². The molecule has 0 spiro atoms. The highest BCUT2D eigenvalue weighted by molar-refractivity contribution is 5.98. The number of rotatable bonds is 9. The maximum absolute atomic E-state index is 14.4. The Morgan fingerprint density at radius 3 is 2.60 bits per heavy atom. The van der Waals surface area contributed by atoms with E-state index < -0.39 is 35.5 Å². The third-order valence-corrected chi connectivity index (χ3v) is 8.78. The number of alkyl carbamates (subject to hydrolysis) is 1. The Labute approximate surface area is 245 Å². The Morgan fingerprint density at radius 2 is 1.86 bits per heavy atom. The number of nitrogens with zero attached hydrogens (tertiary/aromatic N) is 1. The first-order chi connectivity index (χ1) is 20.2. The van der Waals surface area contributed by atoms with Crippen molar-refractivity contribution in [2.75, 3.05) is 6.54 Å². The van der Waals surface area contributed by atoms with E-state index in [4.69, 9.17) is 10.5 Å². The molecule has 5 rings (SSSR count). The van der Waals surface area contributed by atoms with Crippen LogP contribution in [-0.4, -0.2) is 57.9 Å². The van der Waals surface area contributed by atoms with Gasteiger partial charge in [-0.05, 0) is 48.8 Å². The van der Waals surface area contributed by atoms with Crippen LogP contribution in [0.5, 0.6) is 0 Å². The van der Waals surface area contributed by atoms with E-state index in [1.54, 1.807) is 0 Å². The van der Waals surface area contributed by atoms with Gasteiger partial charge in [-0.1, -0.05) is 68.8 Å². The van der Waals surface area contributed by atoms with Crippen molar-refractivity contribution in [3.63, 3.8) is 0 Å². The number of fused-ring (bicyclic) bond motifs is 3. The van der Waals surface area contributed by atoms with Gasteiger partial charge in [-0.2, -0.15) is 0 Å². The van der Waals surface area contributed by atoms with Crippen LogP contribution >= 0.6 is 0 Å². The zero-order chi connectivity index (χ0) is 29.9. The number of nitrogens with one attached hydrogen (secondary N) is 3. The quantitative estimate of drug-likeness (QED) is 0.310. The van der Waals surface area contributed by atoms with E-state index in [0.717, 1.165) is 27.7 Å². The number of aromatic nitrogens is 1. The van der Waals surface area contributed by atoms with Gasteiger partial charge >= 0.3 is 6.09 Å². The molecule has 1 aromatic heterocycles. The highest BCUT2D eigenvalue weighted by atomic mass is 16.5. The molecule has 0 saturated carbocycles. The minimum atomic E-state index is -1.31. The number of nitrogens with two attached hydrogens (primary N) is 1. The molecular weight excluding hydrogens is 534 g/mol. The first kappa shape index (κ1) is 29.2. The summed E-state index contributed by atoms with van der Waals surface area (Å²) in [6.45, 7) is 4.27. The SMILES string of the molecule is CC[C@H](C)[C@H](NC(=O)OCc1ccccc1)C(=O)N[C@]1(C(=O)N2CCC[C@H]2C(N)=O)CCc2[nH]c3ccccc3c2C1. The molecule has 1 aliphatic carbocycles. The van der Waals surface area contributed by atoms with Crippen molar-refractivity contribution < 1.29 is 23.9 Å². The van der Waals surface area contributed by atoms with Crippen LogP contribution in [0.2, 0.25) is 0 Å². The third kappa shape index (κ3) is 5.84. The largest absolute Gasteiger partial charge is 0.445 e. The number of benzene rings is 2. The zero-order valence-electron chi connectivity index (χ0n) is 24.2. The molecule has 0 unspecified atom stereocenters. The van der Waals surface area contributed by atoms with Crippen LogP contribution in [0.15, 0.2) is 54.6 Å². The molecule has 4 amide bonds. The van der Waals surface area contributed by atoms with Crippen molar-refractivity contribution >= 4 is 34.7 Å². The van der Waals surface area contributed by atoms with Crippen LogP contribution in [0.1, 0.15) is 56.4 Å². The Morgan fingerprint density at radius 1 is 1.12 bits per heavy atom. The number of hydrogen-bond donors (Lipinski definition) is 4. The molecule has 5 N–H and O–H groups in total. The fourth-order valence-corrected chi connectivity index (χ4v) is 6.23. The van der Waals surface area contributed by atoms with Crippen LogP contribution < -0.4 is 16.4 Å².